The molecule has 0 saturated carbocycles. The highest BCUT2D eigenvalue weighted by molar-refractivity contribution is 7.17. The van der Waals surface area contributed by atoms with Gasteiger partial charge < -0.3 is 10.1 Å². The molecule has 2 heterocycles. The van der Waals surface area contributed by atoms with Crippen LogP contribution in [0.4, 0.5) is 5.13 Å². The predicted molar refractivity (Wildman–Crippen MR) is 78.9 cm³/mol. The van der Waals surface area contributed by atoms with E-state index >= 15 is 0 Å². The molecule has 0 saturated heterocycles. The Morgan fingerprint density at radius 3 is 2.81 bits per heavy atom. The van der Waals surface area contributed by atoms with Crippen molar-refractivity contribution in [2.75, 3.05) is 19.0 Å². The molecule has 0 radical (unpaired) electrons. The van der Waals surface area contributed by atoms with Gasteiger partial charge in [0, 0.05) is 26.7 Å². The highest BCUT2D eigenvalue weighted by Crippen LogP contribution is 2.24. The van der Waals surface area contributed by atoms with Gasteiger partial charge in [-0.05, 0) is 12.0 Å². The average Bonchev–Trinajstić information content (AvgIpc) is 3.05. The summed E-state index contributed by atoms with van der Waals surface area (Å²) in [6.45, 7) is 2.04. The van der Waals surface area contributed by atoms with E-state index in [0.29, 0.717) is 16.6 Å². The summed E-state index contributed by atoms with van der Waals surface area (Å²) in [5.74, 6) is -0.801. The Labute approximate surface area is 125 Å². The molecule has 2 aromatic heterocycles. The first kappa shape index (κ1) is 15.2. The molecule has 0 bridgehead atoms. The fourth-order valence-corrected chi connectivity index (χ4v) is 2.66. The number of carbonyl (C=O) groups excluding carboxylic acids is 2. The molecule has 0 amide bonds. The molecule has 0 aliphatic heterocycles. The third kappa shape index (κ3) is 3.66. The number of Topliss-reactive ketones (excluding diaryl/α,β-unsaturated/α-hetero) is 1. The van der Waals surface area contributed by atoms with E-state index in [1.807, 2.05) is 13.2 Å². The molecular weight excluding hydrogens is 292 g/mol. The molecule has 2 aromatic rings. The standard InChI is InChI=1S/C13H16N4O3S/c1-8(18)11-10(12(19)20-3)16-13(21-11)14-5-4-9-6-15-17(2)7-9/h6-7H,4-5H2,1-3H3,(H,14,16). The van der Waals surface area contributed by atoms with Gasteiger partial charge in [-0.15, -0.1) is 0 Å². The molecule has 0 atom stereocenters. The first-order valence-corrected chi connectivity index (χ1v) is 7.14. The zero-order chi connectivity index (χ0) is 15.4. The second kappa shape index (κ2) is 6.49. The first-order chi connectivity index (χ1) is 10.0. The number of carbonyl (C=O) groups is 2. The minimum Gasteiger partial charge on any atom is -0.464 e. The number of rotatable bonds is 6. The zero-order valence-corrected chi connectivity index (χ0v) is 12.9. The number of nitrogens with zero attached hydrogens (tertiary/aromatic N) is 3. The Morgan fingerprint density at radius 2 is 2.24 bits per heavy atom. The van der Waals surface area contributed by atoms with Crippen LogP contribution in [-0.2, 0) is 18.2 Å². The van der Waals surface area contributed by atoms with Crippen LogP contribution in [0.25, 0.3) is 0 Å². The molecule has 8 heteroatoms. The third-order valence-electron chi connectivity index (χ3n) is 2.77. The molecule has 0 fully saturated rings. The Kier molecular flexibility index (Phi) is 4.69. The van der Waals surface area contributed by atoms with Gasteiger partial charge in [0.2, 0.25) is 0 Å². The molecule has 112 valence electrons. The summed E-state index contributed by atoms with van der Waals surface area (Å²) in [7, 11) is 3.13. The van der Waals surface area contributed by atoms with E-state index in [-0.39, 0.29) is 11.5 Å². The molecule has 0 aliphatic rings. The number of anilines is 1. The van der Waals surface area contributed by atoms with Crippen molar-refractivity contribution in [3.8, 4) is 0 Å². The van der Waals surface area contributed by atoms with Crippen LogP contribution in [0.15, 0.2) is 12.4 Å². The summed E-state index contributed by atoms with van der Waals surface area (Å²) in [5.41, 5.74) is 1.17. The maximum atomic E-state index is 11.6. The van der Waals surface area contributed by atoms with Crippen LogP contribution in [0.2, 0.25) is 0 Å². The van der Waals surface area contributed by atoms with Gasteiger partial charge in [0.1, 0.15) is 4.88 Å². The predicted octanol–water partition coefficient (Wildman–Crippen LogP) is 1.52. The fourth-order valence-electron chi connectivity index (χ4n) is 1.78. The van der Waals surface area contributed by atoms with Crippen molar-refractivity contribution in [3.63, 3.8) is 0 Å². The van der Waals surface area contributed by atoms with Crippen LogP contribution >= 0.6 is 11.3 Å². The van der Waals surface area contributed by atoms with Crippen LogP contribution in [0.3, 0.4) is 0 Å². The molecular formula is C13H16N4O3S. The largest absolute Gasteiger partial charge is 0.464 e. The summed E-state index contributed by atoms with van der Waals surface area (Å²) >= 11 is 1.16. The van der Waals surface area contributed by atoms with Crippen LogP contribution in [-0.4, -0.2) is 40.2 Å². The van der Waals surface area contributed by atoms with Gasteiger partial charge in [0.25, 0.3) is 0 Å². The zero-order valence-electron chi connectivity index (χ0n) is 12.0. The maximum Gasteiger partial charge on any atom is 0.358 e. The van der Waals surface area contributed by atoms with E-state index in [2.05, 4.69) is 20.1 Å². The number of aryl methyl sites for hydroxylation is 1. The fraction of sp³-hybridized carbons (Fsp3) is 0.385. The smallest absolute Gasteiger partial charge is 0.358 e. The van der Waals surface area contributed by atoms with Gasteiger partial charge in [-0.2, -0.15) is 5.10 Å². The second-order valence-electron chi connectivity index (χ2n) is 4.44. The molecule has 1 N–H and O–H groups in total. The minimum atomic E-state index is -0.600. The summed E-state index contributed by atoms with van der Waals surface area (Å²) in [4.78, 5) is 27.5. The molecule has 7 nitrogen and oxygen atoms in total. The van der Waals surface area contributed by atoms with Gasteiger partial charge >= 0.3 is 5.97 Å². The number of ether oxygens (including phenoxy) is 1. The Balaban J connectivity index is 2.03. The van der Waals surface area contributed by atoms with Crippen molar-refractivity contribution in [2.45, 2.75) is 13.3 Å². The first-order valence-electron chi connectivity index (χ1n) is 6.32. The average molecular weight is 308 g/mol. The minimum absolute atomic E-state index is 0.0684. The summed E-state index contributed by atoms with van der Waals surface area (Å²) < 4.78 is 6.37. The lowest BCUT2D eigenvalue weighted by Gasteiger charge is -1.99. The third-order valence-corrected chi connectivity index (χ3v) is 3.89. The molecule has 21 heavy (non-hydrogen) atoms. The normalized spacial score (nSPS) is 10.4. The summed E-state index contributed by atoms with van der Waals surface area (Å²) in [6, 6.07) is 0. The molecule has 0 aromatic carbocycles. The molecule has 0 spiro atoms. The number of esters is 1. The van der Waals surface area contributed by atoms with Crippen LogP contribution < -0.4 is 5.32 Å². The van der Waals surface area contributed by atoms with E-state index in [4.69, 9.17) is 0 Å². The molecule has 0 unspecified atom stereocenters. The van der Waals surface area contributed by atoms with E-state index in [1.54, 1.807) is 10.9 Å². The lowest BCUT2D eigenvalue weighted by molar-refractivity contribution is 0.0591. The van der Waals surface area contributed by atoms with E-state index in [1.165, 1.54) is 14.0 Å². The van der Waals surface area contributed by atoms with Crippen LogP contribution in [0, 0.1) is 0 Å². The van der Waals surface area contributed by atoms with Crippen molar-refractivity contribution in [1.29, 1.82) is 0 Å². The number of methoxy groups -OCH3 is 1. The lowest BCUT2D eigenvalue weighted by atomic mass is 10.2. The van der Waals surface area contributed by atoms with E-state index < -0.39 is 5.97 Å². The van der Waals surface area contributed by atoms with Crippen LogP contribution in [0.5, 0.6) is 0 Å². The Hall–Kier alpha value is -2.22. The van der Waals surface area contributed by atoms with Crippen molar-refractivity contribution < 1.29 is 14.3 Å². The number of hydrogen-bond donors (Lipinski definition) is 1. The maximum absolute atomic E-state index is 11.6. The van der Waals surface area contributed by atoms with Gasteiger partial charge in [0.15, 0.2) is 16.6 Å². The van der Waals surface area contributed by atoms with Crippen LogP contribution in [0.1, 0.15) is 32.6 Å². The monoisotopic (exact) mass is 308 g/mol. The molecule has 2 rings (SSSR count). The van der Waals surface area contributed by atoms with Crippen molar-refractivity contribution in [1.82, 2.24) is 14.8 Å². The number of thiazole rings is 1. The number of nitrogens with one attached hydrogen (secondary N) is 1. The number of ketones is 1. The Bertz CT molecular complexity index is 662. The van der Waals surface area contributed by atoms with Gasteiger partial charge in [0.05, 0.1) is 13.3 Å². The SMILES string of the molecule is COC(=O)c1nc(NCCc2cnn(C)c2)sc1C(C)=O. The van der Waals surface area contributed by atoms with Gasteiger partial charge in [-0.25, -0.2) is 9.78 Å². The highest BCUT2D eigenvalue weighted by Gasteiger charge is 2.21. The second-order valence-corrected chi connectivity index (χ2v) is 5.44. The molecule has 0 aliphatic carbocycles. The van der Waals surface area contributed by atoms with Crippen molar-refractivity contribution in [2.24, 2.45) is 7.05 Å². The van der Waals surface area contributed by atoms with E-state index in [0.717, 1.165) is 23.3 Å². The van der Waals surface area contributed by atoms with Crippen molar-refractivity contribution in [3.05, 3.63) is 28.5 Å². The van der Waals surface area contributed by atoms with Gasteiger partial charge in [-0.1, -0.05) is 11.3 Å². The summed E-state index contributed by atoms with van der Waals surface area (Å²) in [5, 5.41) is 7.73. The number of aromatic nitrogens is 3. The Morgan fingerprint density at radius 1 is 1.48 bits per heavy atom. The highest BCUT2D eigenvalue weighted by atomic mass is 32.1. The van der Waals surface area contributed by atoms with Crippen molar-refractivity contribution >= 4 is 28.2 Å². The van der Waals surface area contributed by atoms with Gasteiger partial charge in [-0.3, -0.25) is 9.48 Å². The summed E-state index contributed by atoms with van der Waals surface area (Å²) in [6.07, 6.45) is 4.51. The topological polar surface area (TPSA) is 86.1 Å². The lowest BCUT2D eigenvalue weighted by Crippen LogP contribution is -2.08. The van der Waals surface area contributed by atoms with E-state index in [9.17, 15) is 9.59 Å². The number of hydrogen-bond acceptors (Lipinski definition) is 7. The quantitative estimate of drug-likeness (QED) is 0.643.